The van der Waals surface area contributed by atoms with Gasteiger partial charge in [-0.2, -0.15) is 0 Å². The van der Waals surface area contributed by atoms with Crippen molar-refractivity contribution in [1.82, 2.24) is 14.4 Å². The fraction of sp³-hybridized carbons (Fsp3) is 0.0500. The lowest BCUT2D eigenvalue weighted by Crippen LogP contribution is -2.14. The number of imidazole rings is 1. The van der Waals surface area contributed by atoms with Crippen molar-refractivity contribution in [2.75, 3.05) is 5.32 Å². The molecule has 1 N–H and O–H groups in total. The van der Waals surface area contributed by atoms with Gasteiger partial charge in [0.2, 0.25) is 5.91 Å². The number of nitrogens with one attached hydrogen (secondary N) is 1. The molecule has 6 heteroatoms. The number of nitrogens with zero attached hydrogens (tertiary/aromatic N) is 3. The zero-order valence-electron chi connectivity index (χ0n) is 13.9. The molecule has 4 aromatic rings. The Labute approximate surface area is 154 Å². The van der Waals surface area contributed by atoms with E-state index < -0.39 is 0 Å². The van der Waals surface area contributed by atoms with Crippen molar-refractivity contribution in [2.45, 2.75) is 6.42 Å². The number of amides is 1. The van der Waals surface area contributed by atoms with E-state index in [4.69, 9.17) is 0 Å². The first-order valence-electron chi connectivity index (χ1n) is 8.16. The van der Waals surface area contributed by atoms with Gasteiger partial charge < -0.3 is 5.32 Å². The van der Waals surface area contributed by atoms with Gasteiger partial charge in [-0.25, -0.2) is 4.98 Å². The molecule has 3 heterocycles. The lowest BCUT2D eigenvalue weighted by atomic mass is 10.1. The van der Waals surface area contributed by atoms with Gasteiger partial charge in [-0.1, -0.05) is 24.3 Å². The maximum absolute atomic E-state index is 12.3. The number of aromatic nitrogens is 3. The summed E-state index contributed by atoms with van der Waals surface area (Å²) in [5.74, 6) is -0.0818. The summed E-state index contributed by atoms with van der Waals surface area (Å²) in [6.45, 7) is 0. The minimum atomic E-state index is -0.0818. The molecule has 0 aliphatic rings. The third-order valence-corrected chi connectivity index (χ3v) is 4.56. The molecule has 0 saturated heterocycles. The number of thiazole rings is 1. The van der Waals surface area contributed by atoms with E-state index in [-0.39, 0.29) is 12.3 Å². The number of fused-ring (bicyclic) bond motifs is 1. The molecule has 4 rings (SSSR count). The van der Waals surface area contributed by atoms with Gasteiger partial charge in [0.25, 0.3) is 0 Å². The predicted octanol–water partition coefficient (Wildman–Crippen LogP) is 4.14. The number of hydrogen-bond acceptors (Lipinski definition) is 4. The number of carbonyl (C=O) groups excluding carboxylic acids is 1. The number of carbonyl (C=O) groups is 1. The molecule has 1 aromatic carbocycles. The van der Waals surface area contributed by atoms with E-state index in [0.717, 1.165) is 27.6 Å². The Hall–Kier alpha value is -3.25. The second-order valence-corrected chi connectivity index (χ2v) is 6.64. The smallest absolute Gasteiger partial charge is 0.230 e. The Morgan fingerprint density at radius 2 is 2.15 bits per heavy atom. The van der Waals surface area contributed by atoms with E-state index in [0.29, 0.717) is 0 Å². The molecule has 3 aromatic heterocycles. The van der Waals surface area contributed by atoms with Crippen LogP contribution in [0.2, 0.25) is 0 Å². The largest absolute Gasteiger partial charge is 0.326 e. The molecule has 0 spiro atoms. The topological polar surface area (TPSA) is 59.3 Å². The summed E-state index contributed by atoms with van der Waals surface area (Å²) in [5.41, 5.74) is 3.41. The van der Waals surface area contributed by atoms with Crippen LogP contribution in [0.5, 0.6) is 0 Å². The molecule has 0 unspecified atom stereocenters. The van der Waals surface area contributed by atoms with Crippen LogP contribution in [-0.2, 0) is 11.2 Å². The summed E-state index contributed by atoms with van der Waals surface area (Å²) >= 11 is 1.55. The first-order chi connectivity index (χ1) is 12.8. The van der Waals surface area contributed by atoms with Gasteiger partial charge in [-0.15, -0.1) is 11.3 Å². The molecular formula is C20H16N4OS. The Balaban J connectivity index is 1.42. The van der Waals surface area contributed by atoms with E-state index in [1.807, 2.05) is 76.8 Å². The summed E-state index contributed by atoms with van der Waals surface area (Å²) < 4.78 is 1.93. The van der Waals surface area contributed by atoms with E-state index in [1.54, 1.807) is 17.5 Å². The average Bonchev–Trinajstić information content (AvgIpc) is 3.22. The van der Waals surface area contributed by atoms with Crippen LogP contribution in [0.25, 0.3) is 17.1 Å². The van der Waals surface area contributed by atoms with Crippen LogP contribution in [0.3, 0.4) is 0 Å². The van der Waals surface area contributed by atoms with Crippen molar-refractivity contribution in [3.05, 3.63) is 83.4 Å². The number of pyridine rings is 1. The SMILES string of the molecule is O=C(Cc1cn2ccsc2n1)Nc1cccc(/C=C/c2ccccn2)c1. The van der Waals surface area contributed by atoms with Gasteiger partial charge in [-0.05, 0) is 35.9 Å². The molecule has 0 fully saturated rings. The third-order valence-electron chi connectivity index (χ3n) is 3.79. The summed E-state index contributed by atoms with van der Waals surface area (Å²) in [6, 6.07) is 13.5. The van der Waals surface area contributed by atoms with E-state index in [9.17, 15) is 4.79 Å². The van der Waals surface area contributed by atoms with Crippen LogP contribution in [0.1, 0.15) is 17.0 Å². The number of anilines is 1. The first-order valence-corrected chi connectivity index (χ1v) is 9.04. The van der Waals surface area contributed by atoms with Gasteiger partial charge >= 0.3 is 0 Å². The Bertz CT molecular complexity index is 1040. The maximum Gasteiger partial charge on any atom is 0.230 e. The minimum absolute atomic E-state index is 0.0818. The highest BCUT2D eigenvalue weighted by molar-refractivity contribution is 7.15. The van der Waals surface area contributed by atoms with Crippen molar-refractivity contribution in [1.29, 1.82) is 0 Å². The molecule has 1 amide bonds. The number of hydrogen-bond donors (Lipinski definition) is 1. The van der Waals surface area contributed by atoms with Crippen LogP contribution in [0.15, 0.2) is 66.4 Å². The van der Waals surface area contributed by atoms with Gasteiger partial charge in [0, 0.05) is 29.7 Å². The Morgan fingerprint density at radius 1 is 1.19 bits per heavy atom. The maximum atomic E-state index is 12.3. The molecule has 0 bridgehead atoms. The van der Waals surface area contributed by atoms with Gasteiger partial charge in [0.05, 0.1) is 17.8 Å². The second kappa shape index (κ2) is 7.33. The summed E-state index contributed by atoms with van der Waals surface area (Å²) in [4.78, 5) is 21.9. The van der Waals surface area contributed by atoms with Gasteiger partial charge in [-0.3, -0.25) is 14.2 Å². The van der Waals surface area contributed by atoms with Crippen LogP contribution < -0.4 is 5.32 Å². The predicted molar refractivity (Wildman–Crippen MR) is 105 cm³/mol. The molecule has 0 radical (unpaired) electrons. The highest BCUT2D eigenvalue weighted by Crippen LogP contribution is 2.15. The Kier molecular flexibility index (Phi) is 4.57. The Morgan fingerprint density at radius 3 is 3.00 bits per heavy atom. The molecule has 26 heavy (non-hydrogen) atoms. The van der Waals surface area contributed by atoms with Crippen LogP contribution >= 0.6 is 11.3 Å². The van der Waals surface area contributed by atoms with Crippen LogP contribution in [-0.4, -0.2) is 20.3 Å². The normalized spacial score (nSPS) is 11.2. The average molecular weight is 360 g/mol. The van der Waals surface area contributed by atoms with Crippen molar-refractivity contribution in [3.8, 4) is 0 Å². The second-order valence-electron chi connectivity index (χ2n) is 5.76. The standard InChI is InChI=1S/C20H16N4OS/c25-19(13-18-14-24-10-11-26-20(24)23-18)22-17-6-3-4-15(12-17)7-8-16-5-1-2-9-21-16/h1-12,14H,13H2,(H,22,25)/b8-7+. The van der Waals surface area contributed by atoms with Crippen molar-refractivity contribution in [3.63, 3.8) is 0 Å². The summed E-state index contributed by atoms with van der Waals surface area (Å²) in [7, 11) is 0. The van der Waals surface area contributed by atoms with E-state index >= 15 is 0 Å². The van der Waals surface area contributed by atoms with Gasteiger partial charge in [0.15, 0.2) is 4.96 Å². The molecule has 5 nitrogen and oxygen atoms in total. The monoisotopic (exact) mass is 360 g/mol. The molecule has 0 atom stereocenters. The molecule has 128 valence electrons. The zero-order valence-corrected chi connectivity index (χ0v) is 14.7. The number of rotatable bonds is 5. The number of benzene rings is 1. The minimum Gasteiger partial charge on any atom is -0.326 e. The quantitative estimate of drug-likeness (QED) is 0.582. The van der Waals surface area contributed by atoms with Gasteiger partial charge in [0.1, 0.15) is 0 Å². The van der Waals surface area contributed by atoms with Crippen molar-refractivity contribution in [2.24, 2.45) is 0 Å². The third kappa shape index (κ3) is 3.87. The highest BCUT2D eigenvalue weighted by Gasteiger charge is 2.08. The van der Waals surface area contributed by atoms with Crippen molar-refractivity contribution >= 4 is 40.0 Å². The van der Waals surface area contributed by atoms with E-state index in [1.165, 1.54) is 0 Å². The van der Waals surface area contributed by atoms with Crippen LogP contribution in [0, 0.1) is 0 Å². The first kappa shape index (κ1) is 16.2. The fourth-order valence-electron chi connectivity index (χ4n) is 2.61. The molecule has 0 aliphatic heterocycles. The zero-order chi connectivity index (χ0) is 17.8. The summed E-state index contributed by atoms with van der Waals surface area (Å²) in [6.07, 6.45) is 9.75. The lowest BCUT2D eigenvalue weighted by molar-refractivity contribution is -0.115. The molecule has 0 saturated carbocycles. The van der Waals surface area contributed by atoms with Crippen LogP contribution in [0.4, 0.5) is 5.69 Å². The lowest BCUT2D eigenvalue weighted by Gasteiger charge is -2.05. The van der Waals surface area contributed by atoms with E-state index in [2.05, 4.69) is 15.3 Å². The highest BCUT2D eigenvalue weighted by atomic mass is 32.1. The van der Waals surface area contributed by atoms with Crippen molar-refractivity contribution < 1.29 is 4.79 Å². The summed E-state index contributed by atoms with van der Waals surface area (Å²) in [5, 5.41) is 4.90. The molecule has 0 aliphatic carbocycles. The fourth-order valence-corrected chi connectivity index (χ4v) is 3.33. The molecular weight excluding hydrogens is 344 g/mol.